The number of ether oxygens (including phenoxy) is 2. The highest BCUT2D eigenvalue weighted by Gasteiger charge is 2.22. The number of benzene rings is 2. The van der Waals surface area contributed by atoms with E-state index >= 15 is 0 Å². The molecule has 2 aromatic carbocycles. The first-order valence-corrected chi connectivity index (χ1v) is 6.23. The summed E-state index contributed by atoms with van der Waals surface area (Å²) in [6.07, 6.45) is -1.02. The maximum Gasteiger partial charge on any atom is 0.128 e. The molecule has 1 unspecified atom stereocenters. The molecule has 4 heteroatoms. The number of hydrogen-bond donors (Lipinski definition) is 1. The predicted octanol–water partition coefficient (Wildman–Crippen LogP) is 3.23. The molecule has 0 saturated carbocycles. The molecule has 0 aliphatic heterocycles. The number of aliphatic hydroxyl groups excluding tert-OH is 1. The second kappa shape index (κ2) is 5.92. The molecule has 1 atom stereocenters. The first kappa shape index (κ1) is 14.3. The smallest absolute Gasteiger partial charge is 0.128 e. The van der Waals surface area contributed by atoms with Crippen molar-refractivity contribution in [1.82, 2.24) is 0 Å². The summed E-state index contributed by atoms with van der Waals surface area (Å²) in [5, 5.41) is 10.6. The van der Waals surface area contributed by atoms with Crippen LogP contribution < -0.4 is 9.47 Å². The van der Waals surface area contributed by atoms with Crippen LogP contribution in [-0.2, 0) is 0 Å². The monoisotopic (exact) mass is 276 g/mol. The van der Waals surface area contributed by atoms with Gasteiger partial charge in [0.2, 0.25) is 0 Å². The van der Waals surface area contributed by atoms with Crippen LogP contribution in [0.3, 0.4) is 0 Å². The van der Waals surface area contributed by atoms with E-state index in [1.54, 1.807) is 24.3 Å². The summed E-state index contributed by atoms with van der Waals surface area (Å²) >= 11 is 0. The van der Waals surface area contributed by atoms with Gasteiger partial charge in [-0.2, -0.15) is 0 Å². The van der Waals surface area contributed by atoms with Crippen LogP contribution in [0.25, 0.3) is 0 Å². The van der Waals surface area contributed by atoms with E-state index in [1.165, 1.54) is 26.4 Å². The van der Waals surface area contributed by atoms with E-state index < -0.39 is 11.9 Å². The van der Waals surface area contributed by atoms with Gasteiger partial charge in [0, 0.05) is 0 Å². The van der Waals surface area contributed by atoms with Gasteiger partial charge < -0.3 is 14.6 Å². The van der Waals surface area contributed by atoms with Crippen LogP contribution in [0.15, 0.2) is 36.4 Å². The zero-order chi connectivity index (χ0) is 14.7. The summed E-state index contributed by atoms with van der Waals surface area (Å²) in [5.41, 5.74) is 1.78. The number of aryl methyl sites for hydroxylation is 1. The van der Waals surface area contributed by atoms with Gasteiger partial charge in [-0.25, -0.2) is 4.39 Å². The molecular formula is C16H17FO3. The average molecular weight is 276 g/mol. The Morgan fingerprint density at radius 1 is 1.05 bits per heavy atom. The number of rotatable bonds is 4. The third-order valence-electron chi connectivity index (χ3n) is 3.28. The first-order valence-electron chi connectivity index (χ1n) is 6.23. The Morgan fingerprint density at radius 3 is 2.20 bits per heavy atom. The van der Waals surface area contributed by atoms with Crippen LogP contribution >= 0.6 is 0 Å². The van der Waals surface area contributed by atoms with Crippen LogP contribution in [-0.4, -0.2) is 19.3 Å². The van der Waals surface area contributed by atoms with Crippen molar-refractivity contribution >= 4 is 0 Å². The minimum Gasteiger partial charge on any atom is -0.496 e. The van der Waals surface area contributed by atoms with Crippen LogP contribution in [0.4, 0.5) is 4.39 Å². The van der Waals surface area contributed by atoms with E-state index in [2.05, 4.69) is 0 Å². The molecule has 0 bridgehead atoms. The molecule has 20 heavy (non-hydrogen) atoms. The lowest BCUT2D eigenvalue weighted by molar-refractivity contribution is 0.207. The molecule has 0 heterocycles. The van der Waals surface area contributed by atoms with Crippen LogP contribution in [0.5, 0.6) is 11.5 Å². The maximum absolute atomic E-state index is 13.4. The molecule has 0 radical (unpaired) electrons. The van der Waals surface area contributed by atoms with Gasteiger partial charge in [-0.3, -0.25) is 0 Å². The number of hydrogen-bond acceptors (Lipinski definition) is 3. The molecule has 0 aromatic heterocycles. The molecular weight excluding hydrogens is 259 g/mol. The van der Waals surface area contributed by atoms with Crippen molar-refractivity contribution < 1.29 is 19.0 Å². The lowest BCUT2D eigenvalue weighted by atomic mass is 9.96. The van der Waals surface area contributed by atoms with Gasteiger partial charge in [0.25, 0.3) is 0 Å². The van der Waals surface area contributed by atoms with E-state index in [0.29, 0.717) is 22.6 Å². The van der Waals surface area contributed by atoms with Crippen molar-refractivity contribution in [1.29, 1.82) is 0 Å². The molecule has 0 fully saturated rings. The predicted molar refractivity (Wildman–Crippen MR) is 74.7 cm³/mol. The molecule has 0 spiro atoms. The van der Waals surface area contributed by atoms with Crippen molar-refractivity contribution in [3.05, 3.63) is 58.9 Å². The zero-order valence-corrected chi connectivity index (χ0v) is 11.7. The number of aliphatic hydroxyl groups is 1. The lowest BCUT2D eigenvalue weighted by Crippen LogP contribution is -2.07. The molecule has 2 aromatic rings. The molecule has 1 N–H and O–H groups in total. The molecule has 106 valence electrons. The van der Waals surface area contributed by atoms with Gasteiger partial charge in [-0.1, -0.05) is 12.1 Å². The van der Waals surface area contributed by atoms with Crippen LogP contribution in [0.2, 0.25) is 0 Å². The van der Waals surface area contributed by atoms with Gasteiger partial charge >= 0.3 is 0 Å². The standard InChI is InChI=1S/C16H17FO3/c1-10-7-8-11(17)9-12(10)16(18)15-13(19-2)5-4-6-14(15)20-3/h4-9,16,18H,1-3H3. The maximum atomic E-state index is 13.4. The quantitative estimate of drug-likeness (QED) is 0.931. The Morgan fingerprint density at radius 2 is 1.65 bits per heavy atom. The molecule has 2 rings (SSSR count). The topological polar surface area (TPSA) is 38.7 Å². The first-order chi connectivity index (χ1) is 9.58. The SMILES string of the molecule is COc1cccc(OC)c1C(O)c1cc(F)ccc1C. The van der Waals surface area contributed by atoms with E-state index in [4.69, 9.17) is 9.47 Å². The highest BCUT2D eigenvalue weighted by molar-refractivity contribution is 5.50. The fourth-order valence-electron chi connectivity index (χ4n) is 2.21. The highest BCUT2D eigenvalue weighted by Crippen LogP contribution is 2.38. The van der Waals surface area contributed by atoms with Crippen LogP contribution in [0, 0.1) is 12.7 Å². The third-order valence-corrected chi connectivity index (χ3v) is 3.28. The average Bonchev–Trinajstić information content (AvgIpc) is 2.48. The summed E-state index contributed by atoms with van der Waals surface area (Å²) in [6.45, 7) is 1.82. The van der Waals surface area contributed by atoms with Crippen molar-refractivity contribution in [2.24, 2.45) is 0 Å². The third kappa shape index (κ3) is 2.60. The van der Waals surface area contributed by atoms with Gasteiger partial charge in [0.05, 0.1) is 19.8 Å². The van der Waals surface area contributed by atoms with Gasteiger partial charge in [-0.15, -0.1) is 0 Å². The fourth-order valence-corrected chi connectivity index (χ4v) is 2.21. The Bertz CT molecular complexity index is 588. The normalized spacial score (nSPS) is 12.1. The van der Waals surface area contributed by atoms with Crippen molar-refractivity contribution in [2.75, 3.05) is 14.2 Å². The van der Waals surface area contributed by atoms with E-state index in [9.17, 15) is 9.50 Å². The Hall–Kier alpha value is -2.07. The van der Waals surface area contributed by atoms with E-state index in [0.717, 1.165) is 5.56 Å². The Labute approximate surface area is 117 Å². The number of methoxy groups -OCH3 is 2. The molecule has 0 aliphatic rings. The molecule has 0 amide bonds. The minimum absolute atomic E-state index is 0.390. The Kier molecular flexibility index (Phi) is 4.25. The van der Waals surface area contributed by atoms with Crippen molar-refractivity contribution in [3.63, 3.8) is 0 Å². The van der Waals surface area contributed by atoms with Crippen LogP contribution in [0.1, 0.15) is 22.8 Å². The highest BCUT2D eigenvalue weighted by atomic mass is 19.1. The van der Waals surface area contributed by atoms with Crippen molar-refractivity contribution in [2.45, 2.75) is 13.0 Å². The van der Waals surface area contributed by atoms with Gasteiger partial charge in [0.15, 0.2) is 0 Å². The molecule has 0 saturated heterocycles. The second-order valence-corrected chi connectivity index (χ2v) is 4.48. The zero-order valence-electron chi connectivity index (χ0n) is 11.7. The lowest BCUT2D eigenvalue weighted by Gasteiger charge is -2.19. The summed E-state index contributed by atoms with van der Waals surface area (Å²) < 4.78 is 23.9. The van der Waals surface area contributed by atoms with Gasteiger partial charge in [0.1, 0.15) is 23.4 Å². The molecule has 3 nitrogen and oxygen atoms in total. The summed E-state index contributed by atoms with van der Waals surface area (Å²) in [6, 6.07) is 9.56. The fraction of sp³-hybridized carbons (Fsp3) is 0.250. The van der Waals surface area contributed by atoms with Gasteiger partial charge in [-0.05, 0) is 42.3 Å². The van der Waals surface area contributed by atoms with E-state index in [1.807, 2.05) is 6.92 Å². The minimum atomic E-state index is -1.02. The molecule has 0 aliphatic carbocycles. The largest absolute Gasteiger partial charge is 0.496 e. The summed E-state index contributed by atoms with van der Waals surface area (Å²) in [5.74, 6) is 0.611. The number of halogens is 1. The van der Waals surface area contributed by atoms with Crippen molar-refractivity contribution in [3.8, 4) is 11.5 Å². The Balaban J connectivity index is 2.58. The summed E-state index contributed by atoms with van der Waals surface area (Å²) in [4.78, 5) is 0. The van der Waals surface area contributed by atoms with E-state index in [-0.39, 0.29) is 0 Å². The second-order valence-electron chi connectivity index (χ2n) is 4.48. The summed E-state index contributed by atoms with van der Waals surface area (Å²) in [7, 11) is 3.03.